The Bertz CT molecular complexity index is 510. The second-order valence-electron chi connectivity index (χ2n) is 4.43. The van der Waals surface area contributed by atoms with Gasteiger partial charge in [-0.25, -0.2) is 12.7 Å². The van der Waals surface area contributed by atoms with Crippen LogP contribution in [0.4, 0.5) is 0 Å². The molecule has 0 bridgehead atoms. The number of hydrogen-bond donors (Lipinski definition) is 1. The molecule has 7 heteroatoms. The van der Waals surface area contributed by atoms with E-state index in [4.69, 9.17) is 0 Å². The summed E-state index contributed by atoms with van der Waals surface area (Å²) in [5.41, 5.74) is 0. The van der Waals surface area contributed by atoms with Gasteiger partial charge >= 0.3 is 0 Å². The zero-order valence-electron chi connectivity index (χ0n) is 10.1. The molecule has 2 rings (SSSR count). The number of sulfonamides is 1. The molecule has 0 aromatic carbocycles. The van der Waals surface area contributed by atoms with E-state index in [2.05, 4.69) is 5.32 Å². The average molecular weight is 288 g/mol. The van der Waals surface area contributed by atoms with Crippen molar-refractivity contribution in [2.45, 2.75) is 18.9 Å². The van der Waals surface area contributed by atoms with Crippen molar-refractivity contribution in [2.24, 2.45) is 0 Å². The van der Waals surface area contributed by atoms with Crippen LogP contribution in [0.15, 0.2) is 17.5 Å². The summed E-state index contributed by atoms with van der Waals surface area (Å²) in [6.07, 6.45) is 2.25. The summed E-state index contributed by atoms with van der Waals surface area (Å²) in [4.78, 5) is 12.8. The van der Waals surface area contributed by atoms with Crippen molar-refractivity contribution in [1.29, 1.82) is 0 Å². The van der Waals surface area contributed by atoms with Crippen LogP contribution in [-0.4, -0.2) is 44.0 Å². The molecule has 1 fully saturated rings. The molecule has 1 aromatic rings. The third kappa shape index (κ3) is 3.54. The van der Waals surface area contributed by atoms with Gasteiger partial charge in [-0.15, -0.1) is 11.3 Å². The third-order valence-electron chi connectivity index (χ3n) is 2.90. The molecule has 0 radical (unpaired) electrons. The predicted molar refractivity (Wildman–Crippen MR) is 71.0 cm³/mol. The number of nitrogens with zero attached hydrogens (tertiary/aromatic N) is 1. The Kier molecular flexibility index (Phi) is 4.04. The smallest absolute Gasteiger partial charge is 0.225 e. The fourth-order valence-corrected chi connectivity index (χ4v) is 3.59. The van der Waals surface area contributed by atoms with Crippen LogP contribution >= 0.6 is 11.3 Å². The molecule has 1 aliphatic heterocycles. The SMILES string of the molecule is CS(=O)(=O)N1CCC(NC(=O)Cc2cccs2)C1. The van der Waals surface area contributed by atoms with Crippen molar-refractivity contribution in [3.63, 3.8) is 0 Å². The molecule has 100 valence electrons. The zero-order valence-corrected chi connectivity index (χ0v) is 11.8. The van der Waals surface area contributed by atoms with Gasteiger partial charge in [0.05, 0.1) is 12.7 Å². The van der Waals surface area contributed by atoms with Gasteiger partial charge in [0.15, 0.2) is 0 Å². The van der Waals surface area contributed by atoms with Gasteiger partial charge in [-0.2, -0.15) is 0 Å². The summed E-state index contributed by atoms with van der Waals surface area (Å²) in [6.45, 7) is 0.873. The lowest BCUT2D eigenvalue weighted by molar-refractivity contribution is -0.121. The molecule has 1 N–H and O–H groups in total. The van der Waals surface area contributed by atoms with Crippen molar-refractivity contribution < 1.29 is 13.2 Å². The van der Waals surface area contributed by atoms with Gasteiger partial charge in [0.1, 0.15) is 0 Å². The lowest BCUT2D eigenvalue weighted by Crippen LogP contribution is -2.38. The molecule has 1 atom stereocenters. The molecule has 0 spiro atoms. The normalized spacial score (nSPS) is 21.1. The van der Waals surface area contributed by atoms with E-state index in [1.54, 1.807) is 11.3 Å². The van der Waals surface area contributed by atoms with Crippen LogP contribution in [0.3, 0.4) is 0 Å². The summed E-state index contributed by atoms with van der Waals surface area (Å²) in [6, 6.07) is 3.77. The van der Waals surface area contributed by atoms with E-state index < -0.39 is 10.0 Å². The Hall–Kier alpha value is -0.920. The lowest BCUT2D eigenvalue weighted by atomic mass is 10.2. The fourth-order valence-electron chi connectivity index (χ4n) is 2.00. The topological polar surface area (TPSA) is 66.5 Å². The highest BCUT2D eigenvalue weighted by Gasteiger charge is 2.29. The first kappa shape index (κ1) is 13.5. The van der Waals surface area contributed by atoms with Crippen LogP contribution < -0.4 is 5.32 Å². The molecular formula is C11H16N2O3S2. The Balaban J connectivity index is 1.83. The van der Waals surface area contributed by atoms with Crippen molar-refractivity contribution in [1.82, 2.24) is 9.62 Å². The number of carbonyl (C=O) groups is 1. The van der Waals surface area contributed by atoms with Gasteiger partial charge < -0.3 is 5.32 Å². The second-order valence-corrected chi connectivity index (χ2v) is 7.44. The Morgan fingerprint density at radius 1 is 1.61 bits per heavy atom. The maximum absolute atomic E-state index is 11.8. The van der Waals surface area contributed by atoms with Crippen molar-refractivity contribution in [2.75, 3.05) is 19.3 Å². The standard InChI is InChI=1S/C11H16N2O3S2/c1-18(15,16)13-5-4-9(8-13)12-11(14)7-10-3-2-6-17-10/h2-3,6,9H,4-5,7-8H2,1H3,(H,12,14). The highest BCUT2D eigenvalue weighted by Crippen LogP contribution is 2.13. The van der Waals surface area contributed by atoms with Crippen molar-refractivity contribution in [3.8, 4) is 0 Å². The first-order valence-corrected chi connectivity index (χ1v) is 8.45. The molecule has 18 heavy (non-hydrogen) atoms. The Labute approximate surface area is 111 Å². The minimum Gasteiger partial charge on any atom is -0.352 e. The van der Waals surface area contributed by atoms with E-state index in [9.17, 15) is 13.2 Å². The number of carbonyl (C=O) groups excluding carboxylic acids is 1. The maximum Gasteiger partial charge on any atom is 0.225 e. The Morgan fingerprint density at radius 2 is 2.39 bits per heavy atom. The quantitative estimate of drug-likeness (QED) is 0.874. The van der Waals surface area contributed by atoms with E-state index >= 15 is 0 Å². The van der Waals surface area contributed by atoms with E-state index in [-0.39, 0.29) is 11.9 Å². The summed E-state index contributed by atoms with van der Waals surface area (Å²) < 4.78 is 24.1. The summed E-state index contributed by atoms with van der Waals surface area (Å²) in [5, 5.41) is 4.81. The monoisotopic (exact) mass is 288 g/mol. The molecule has 1 saturated heterocycles. The van der Waals surface area contributed by atoms with Gasteiger partial charge in [0, 0.05) is 24.0 Å². The van der Waals surface area contributed by atoms with Gasteiger partial charge in [0.2, 0.25) is 15.9 Å². The van der Waals surface area contributed by atoms with Crippen LogP contribution in [0.5, 0.6) is 0 Å². The molecule has 0 saturated carbocycles. The highest BCUT2D eigenvalue weighted by molar-refractivity contribution is 7.88. The van der Waals surface area contributed by atoms with E-state index in [1.165, 1.54) is 10.6 Å². The van der Waals surface area contributed by atoms with Crippen LogP contribution in [0.1, 0.15) is 11.3 Å². The molecule has 1 amide bonds. The van der Waals surface area contributed by atoms with Crippen LogP contribution in [0.25, 0.3) is 0 Å². The van der Waals surface area contributed by atoms with Crippen LogP contribution in [0, 0.1) is 0 Å². The summed E-state index contributed by atoms with van der Waals surface area (Å²) in [5.74, 6) is -0.0437. The average Bonchev–Trinajstić information content (AvgIpc) is 2.87. The number of thiophene rings is 1. The fraction of sp³-hybridized carbons (Fsp3) is 0.545. The number of hydrogen-bond acceptors (Lipinski definition) is 4. The van der Waals surface area contributed by atoms with Crippen molar-refractivity contribution in [3.05, 3.63) is 22.4 Å². The first-order valence-electron chi connectivity index (χ1n) is 5.72. The number of nitrogens with one attached hydrogen (secondary N) is 1. The number of amides is 1. The van der Waals surface area contributed by atoms with E-state index in [0.717, 1.165) is 4.88 Å². The maximum atomic E-state index is 11.8. The highest BCUT2D eigenvalue weighted by atomic mass is 32.2. The van der Waals surface area contributed by atoms with Crippen molar-refractivity contribution >= 4 is 27.3 Å². The van der Waals surface area contributed by atoms with Gasteiger partial charge in [-0.3, -0.25) is 4.79 Å². The Morgan fingerprint density at radius 3 is 2.94 bits per heavy atom. The lowest BCUT2D eigenvalue weighted by Gasteiger charge is -2.14. The third-order valence-corrected chi connectivity index (χ3v) is 5.05. The van der Waals surface area contributed by atoms with E-state index in [1.807, 2.05) is 17.5 Å². The second kappa shape index (κ2) is 5.38. The largest absolute Gasteiger partial charge is 0.352 e. The zero-order chi connectivity index (χ0) is 13.2. The van der Waals surface area contributed by atoms with Crippen LogP contribution in [0.2, 0.25) is 0 Å². The molecular weight excluding hydrogens is 272 g/mol. The summed E-state index contributed by atoms with van der Waals surface area (Å²) >= 11 is 1.55. The van der Waals surface area contributed by atoms with Gasteiger partial charge in [-0.05, 0) is 17.9 Å². The van der Waals surface area contributed by atoms with Gasteiger partial charge in [-0.1, -0.05) is 6.07 Å². The first-order chi connectivity index (χ1) is 8.45. The molecule has 1 aliphatic rings. The summed E-state index contributed by atoms with van der Waals surface area (Å²) in [7, 11) is -3.14. The van der Waals surface area contributed by atoms with Crippen LogP contribution in [-0.2, 0) is 21.2 Å². The molecule has 2 heterocycles. The molecule has 0 aliphatic carbocycles. The predicted octanol–water partition coefficient (Wildman–Crippen LogP) is 0.441. The molecule has 1 aromatic heterocycles. The molecule has 5 nitrogen and oxygen atoms in total. The minimum atomic E-state index is -3.14. The number of rotatable bonds is 4. The van der Waals surface area contributed by atoms with Gasteiger partial charge in [0.25, 0.3) is 0 Å². The van der Waals surface area contributed by atoms with E-state index in [0.29, 0.717) is 25.9 Å². The minimum absolute atomic E-state index is 0.0437. The molecule has 1 unspecified atom stereocenters.